The molecule has 2 rings (SSSR count). The second-order valence-electron chi connectivity index (χ2n) is 8.92. The number of carbonyl (C=O) groups excluding carboxylic acids is 2. The van der Waals surface area contributed by atoms with Gasteiger partial charge in [0.05, 0.1) is 11.9 Å². The Morgan fingerprint density at radius 1 is 1.09 bits per heavy atom. The van der Waals surface area contributed by atoms with E-state index in [1.165, 1.54) is 4.31 Å². The van der Waals surface area contributed by atoms with E-state index in [1.807, 2.05) is 39.0 Å². The maximum Gasteiger partial charge on any atom is 0.242 e. The average molecular weight is 522 g/mol. The highest BCUT2D eigenvalue weighted by atomic mass is 35.5. The first kappa shape index (κ1) is 28.7. The van der Waals surface area contributed by atoms with Gasteiger partial charge in [-0.05, 0) is 69.0 Å². The van der Waals surface area contributed by atoms with Crippen molar-refractivity contribution in [2.75, 3.05) is 17.1 Å². The Labute approximate surface area is 214 Å². The molecule has 0 spiro atoms. The van der Waals surface area contributed by atoms with Crippen LogP contribution in [0.4, 0.5) is 5.69 Å². The van der Waals surface area contributed by atoms with Crippen molar-refractivity contribution in [3.63, 3.8) is 0 Å². The molecule has 0 aromatic heterocycles. The van der Waals surface area contributed by atoms with Gasteiger partial charge in [-0.3, -0.25) is 13.9 Å². The van der Waals surface area contributed by atoms with E-state index < -0.39 is 16.1 Å². The Morgan fingerprint density at radius 3 is 2.31 bits per heavy atom. The van der Waals surface area contributed by atoms with E-state index in [-0.39, 0.29) is 37.4 Å². The van der Waals surface area contributed by atoms with Crippen molar-refractivity contribution in [1.82, 2.24) is 10.2 Å². The van der Waals surface area contributed by atoms with E-state index in [2.05, 4.69) is 5.32 Å². The number of sulfonamides is 1. The molecule has 0 fully saturated rings. The Balaban J connectivity index is 2.16. The lowest BCUT2D eigenvalue weighted by Gasteiger charge is -2.30. The van der Waals surface area contributed by atoms with Crippen LogP contribution in [-0.4, -0.2) is 50.0 Å². The van der Waals surface area contributed by atoms with Crippen LogP contribution in [0.5, 0.6) is 0 Å². The molecule has 35 heavy (non-hydrogen) atoms. The molecule has 0 heterocycles. The van der Waals surface area contributed by atoms with Crippen LogP contribution in [0.15, 0.2) is 48.5 Å². The third-order valence-corrected chi connectivity index (χ3v) is 7.32. The van der Waals surface area contributed by atoms with Gasteiger partial charge in [0.2, 0.25) is 21.8 Å². The molecule has 2 aromatic carbocycles. The highest BCUT2D eigenvalue weighted by Gasteiger charge is 2.27. The predicted molar refractivity (Wildman–Crippen MR) is 142 cm³/mol. The van der Waals surface area contributed by atoms with Gasteiger partial charge < -0.3 is 10.2 Å². The fraction of sp³-hybridized carbons (Fsp3) is 0.462. The van der Waals surface area contributed by atoms with E-state index in [9.17, 15) is 18.0 Å². The zero-order chi connectivity index (χ0) is 26.2. The molecule has 192 valence electrons. The van der Waals surface area contributed by atoms with E-state index in [0.717, 1.165) is 23.8 Å². The molecule has 2 aromatic rings. The number of benzene rings is 2. The fourth-order valence-electron chi connectivity index (χ4n) is 3.62. The summed E-state index contributed by atoms with van der Waals surface area (Å²) in [5.41, 5.74) is 2.37. The number of halogens is 1. The van der Waals surface area contributed by atoms with Crippen molar-refractivity contribution in [3.05, 3.63) is 64.7 Å². The third kappa shape index (κ3) is 8.85. The molecule has 0 aliphatic heterocycles. The summed E-state index contributed by atoms with van der Waals surface area (Å²) in [6.45, 7) is 7.92. The highest BCUT2D eigenvalue weighted by Crippen LogP contribution is 2.20. The minimum Gasteiger partial charge on any atom is -0.352 e. The topological polar surface area (TPSA) is 86.8 Å². The first-order valence-corrected chi connectivity index (χ1v) is 14.0. The van der Waals surface area contributed by atoms with Gasteiger partial charge in [-0.2, -0.15) is 0 Å². The van der Waals surface area contributed by atoms with Crippen molar-refractivity contribution < 1.29 is 18.0 Å². The summed E-state index contributed by atoms with van der Waals surface area (Å²) in [5.74, 6) is -0.441. The summed E-state index contributed by atoms with van der Waals surface area (Å²) in [5, 5.41) is 3.53. The Hall–Kier alpha value is -2.58. The van der Waals surface area contributed by atoms with Crippen LogP contribution >= 0.6 is 11.6 Å². The number of anilines is 1. The number of amides is 2. The lowest BCUT2D eigenvalue weighted by Crippen LogP contribution is -2.49. The molecule has 0 saturated carbocycles. The van der Waals surface area contributed by atoms with Crippen LogP contribution in [0.2, 0.25) is 5.02 Å². The minimum atomic E-state index is -3.52. The minimum absolute atomic E-state index is 0.00455. The number of rotatable bonds is 12. The first-order valence-electron chi connectivity index (χ1n) is 11.8. The summed E-state index contributed by atoms with van der Waals surface area (Å²) < 4.78 is 26.1. The first-order chi connectivity index (χ1) is 16.4. The summed E-state index contributed by atoms with van der Waals surface area (Å²) in [4.78, 5) is 27.6. The molecule has 2 atom stereocenters. The zero-order valence-corrected chi connectivity index (χ0v) is 22.7. The number of hydrogen-bond acceptors (Lipinski definition) is 4. The lowest BCUT2D eigenvalue weighted by atomic mass is 10.1. The molecule has 2 amide bonds. The molecule has 1 N–H and O–H groups in total. The molecule has 0 aliphatic rings. The second-order valence-corrected chi connectivity index (χ2v) is 11.3. The van der Waals surface area contributed by atoms with Gasteiger partial charge in [0.25, 0.3) is 0 Å². The summed E-state index contributed by atoms with van der Waals surface area (Å²) in [6, 6.07) is 13.7. The van der Waals surface area contributed by atoms with Gasteiger partial charge in [-0.15, -0.1) is 0 Å². The molecular weight excluding hydrogens is 486 g/mol. The van der Waals surface area contributed by atoms with Gasteiger partial charge in [-0.1, -0.05) is 42.8 Å². The van der Waals surface area contributed by atoms with Gasteiger partial charge in [0.15, 0.2) is 0 Å². The van der Waals surface area contributed by atoms with Crippen LogP contribution < -0.4 is 9.62 Å². The van der Waals surface area contributed by atoms with Crippen molar-refractivity contribution in [2.45, 2.75) is 65.6 Å². The smallest absolute Gasteiger partial charge is 0.242 e. The van der Waals surface area contributed by atoms with Gasteiger partial charge >= 0.3 is 0 Å². The molecular formula is C26H36ClN3O4S. The largest absolute Gasteiger partial charge is 0.352 e. The van der Waals surface area contributed by atoms with Crippen LogP contribution in [0.1, 0.15) is 51.2 Å². The van der Waals surface area contributed by atoms with Gasteiger partial charge in [-0.25, -0.2) is 8.42 Å². The molecule has 9 heteroatoms. The quantitative estimate of drug-likeness (QED) is 0.444. The summed E-state index contributed by atoms with van der Waals surface area (Å²) >= 11 is 5.99. The van der Waals surface area contributed by atoms with Crippen LogP contribution in [-0.2, 0) is 26.2 Å². The predicted octanol–water partition coefficient (Wildman–Crippen LogP) is 4.53. The maximum atomic E-state index is 13.3. The van der Waals surface area contributed by atoms with Crippen LogP contribution in [0.3, 0.4) is 0 Å². The molecule has 0 bridgehead atoms. The average Bonchev–Trinajstić information content (AvgIpc) is 2.79. The number of nitrogens with one attached hydrogen (secondary N) is 1. The van der Waals surface area contributed by atoms with E-state index in [0.29, 0.717) is 17.1 Å². The lowest BCUT2D eigenvalue weighted by molar-refractivity contribution is -0.140. The molecule has 7 nitrogen and oxygen atoms in total. The molecule has 0 aliphatic carbocycles. The number of nitrogens with zero attached hydrogens (tertiary/aromatic N) is 2. The highest BCUT2D eigenvalue weighted by molar-refractivity contribution is 7.92. The zero-order valence-electron chi connectivity index (χ0n) is 21.1. The second kappa shape index (κ2) is 12.9. The molecule has 0 radical (unpaired) electrons. The number of aryl methyl sites for hydroxylation is 1. The van der Waals surface area contributed by atoms with Crippen LogP contribution in [0, 0.1) is 6.92 Å². The summed E-state index contributed by atoms with van der Waals surface area (Å²) in [6.07, 6.45) is 2.36. The van der Waals surface area contributed by atoms with Crippen molar-refractivity contribution in [3.8, 4) is 0 Å². The van der Waals surface area contributed by atoms with E-state index in [4.69, 9.17) is 11.6 Å². The normalized spacial score (nSPS) is 13.1. The van der Waals surface area contributed by atoms with Crippen molar-refractivity contribution in [1.29, 1.82) is 0 Å². The Kier molecular flexibility index (Phi) is 10.6. The van der Waals surface area contributed by atoms with Gasteiger partial charge in [0, 0.05) is 30.6 Å². The van der Waals surface area contributed by atoms with Crippen LogP contribution in [0.25, 0.3) is 0 Å². The fourth-order valence-corrected chi connectivity index (χ4v) is 4.70. The standard InChI is InChI=1S/C26H36ClN3O4S/c1-6-20(3)28-26(32)21(4)29(18-22-12-14-23(27)15-13-22)25(31)11-8-16-30(35(5,33)34)24-10-7-9-19(2)17-24/h7,9-10,12-15,17,20-21H,6,8,11,16,18H2,1-5H3,(H,28,32)/t20-,21-/m0/s1. The Morgan fingerprint density at radius 2 is 1.74 bits per heavy atom. The van der Waals surface area contributed by atoms with E-state index in [1.54, 1.807) is 42.2 Å². The van der Waals surface area contributed by atoms with Gasteiger partial charge in [0.1, 0.15) is 6.04 Å². The summed E-state index contributed by atoms with van der Waals surface area (Å²) in [7, 11) is -3.52. The van der Waals surface area contributed by atoms with E-state index >= 15 is 0 Å². The number of hydrogen-bond donors (Lipinski definition) is 1. The molecule has 0 unspecified atom stereocenters. The monoisotopic (exact) mass is 521 g/mol. The molecule has 0 saturated heterocycles. The SMILES string of the molecule is CC[C@H](C)NC(=O)[C@H](C)N(Cc1ccc(Cl)cc1)C(=O)CCCN(c1cccc(C)c1)S(C)(=O)=O. The Bertz CT molecular complexity index is 1110. The number of carbonyl (C=O) groups is 2. The maximum absolute atomic E-state index is 13.3. The van der Waals surface area contributed by atoms with Crippen molar-refractivity contribution in [2.24, 2.45) is 0 Å². The third-order valence-electron chi connectivity index (χ3n) is 5.88. The van der Waals surface area contributed by atoms with Crippen molar-refractivity contribution >= 4 is 39.1 Å².